The average molecular weight is 280 g/mol. The molecule has 3 heteroatoms. The van der Waals surface area contributed by atoms with E-state index in [1.54, 1.807) is 0 Å². The second kappa shape index (κ2) is 5.92. The molecule has 108 valence electrons. The Balaban J connectivity index is 1.87. The molecule has 0 aliphatic heterocycles. The van der Waals surface area contributed by atoms with E-state index in [2.05, 4.69) is 44.9 Å². The maximum atomic E-state index is 4.56. The Kier molecular flexibility index (Phi) is 4.67. The lowest BCUT2D eigenvalue weighted by Gasteiger charge is -2.32. The van der Waals surface area contributed by atoms with Gasteiger partial charge in [-0.05, 0) is 31.1 Å². The minimum atomic E-state index is 0.177. The van der Waals surface area contributed by atoms with E-state index in [1.807, 2.05) is 17.5 Å². The molecule has 1 N–H and O–H groups in total. The van der Waals surface area contributed by atoms with Gasteiger partial charge in [-0.25, -0.2) is 4.98 Å². The predicted octanol–water partition coefficient (Wildman–Crippen LogP) is 4.35. The lowest BCUT2D eigenvalue weighted by molar-refractivity contribution is 0.238. The molecule has 2 unspecified atom stereocenters. The summed E-state index contributed by atoms with van der Waals surface area (Å²) < 4.78 is 0. The molecule has 2 nitrogen and oxygen atoms in total. The molecule has 0 radical (unpaired) electrons. The van der Waals surface area contributed by atoms with Crippen molar-refractivity contribution in [3.8, 4) is 0 Å². The average Bonchev–Trinajstić information content (AvgIpc) is 2.73. The first-order valence-electron chi connectivity index (χ1n) is 7.53. The number of rotatable bonds is 3. The SMILES string of the molecule is CC1CC(C)CC(NCc2cnc(C(C)(C)C)s2)C1. The second-order valence-electron chi connectivity index (χ2n) is 7.38. The summed E-state index contributed by atoms with van der Waals surface area (Å²) in [5, 5.41) is 4.98. The molecule has 1 aromatic rings. The fraction of sp³-hybridized carbons (Fsp3) is 0.812. The molecule has 2 rings (SSSR count). The summed E-state index contributed by atoms with van der Waals surface area (Å²) in [4.78, 5) is 5.93. The summed E-state index contributed by atoms with van der Waals surface area (Å²) >= 11 is 1.86. The fourth-order valence-electron chi connectivity index (χ4n) is 3.09. The van der Waals surface area contributed by atoms with E-state index in [1.165, 1.54) is 29.1 Å². The van der Waals surface area contributed by atoms with Crippen molar-refractivity contribution in [2.45, 2.75) is 71.9 Å². The zero-order valence-corrected chi connectivity index (χ0v) is 13.8. The van der Waals surface area contributed by atoms with Gasteiger partial charge in [0.05, 0.1) is 5.01 Å². The normalized spacial score (nSPS) is 28.6. The highest BCUT2D eigenvalue weighted by Crippen LogP contribution is 2.30. The summed E-state index contributed by atoms with van der Waals surface area (Å²) in [6, 6.07) is 0.693. The van der Waals surface area contributed by atoms with Crippen LogP contribution in [0.1, 0.15) is 63.8 Å². The van der Waals surface area contributed by atoms with Crippen LogP contribution >= 0.6 is 11.3 Å². The third-order valence-electron chi connectivity index (χ3n) is 3.94. The lowest BCUT2D eigenvalue weighted by atomic mass is 9.80. The first-order chi connectivity index (χ1) is 8.84. The van der Waals surface area contributed by atoms with E-state index >= 15 is 0 Å². The smallest absolute Gasteiger partial charge is 0.0981 e. The van der Waals surface area contributed by atoms with E-state index in [-0.39, 0.29) is 5.41 Å². The van der Waals surface area contributed by atoms with Crippen LogP contribution in [0.15, 0.2) is 6.20 Å². The van der Waals surface area contributed by atoms with Crippen LogP contribution < -0.4 is 5.32 Å². The molecule has 0 amide bonds. The third-order valence-corrected chi connectivity index (χ3v) is 5.36. The Bertz CT molecular complexity index is 395. The van der Waals surface area contributed by atoms with Crippen molar-refractivity contribution in [1.82, 2.24) is 10.3 Å². The maximum absolute atomic E-state index is 4.56. The highest BCUT2D eigenvalue weighted by molar-refractivity contribution is 7.11. The van der Waals surface area contributed by atoms with Crippen LogP contribution in [0.4, 0.5) is 0 Å². The molecule has 1 aliphatic carbocycles. The molecule has 0 bridgehead atoms. The first-order valence-corrected chi connectivity index (χ1v) is 8.35. The molecule has 1 aliphatic rings. The Morgan fingerprint density at radius 1 is 1.21 bits per heavy atom. The predicted molar refractivity (Wildman–Crippen MR) is 83.6 cm³/mol. The fourth-order valence-corrected chi connectivity index (χ4v) is 4.02. The van der Waals surface area contributed by atoms with Crippen molar-refractivity contribution in [2.24, 2.45) is 11.8 Å². The van der Waals surface area contributed by atoms with Crippen molar-refractivity contribution in [3.63, 3.8) is 0 Å². The number of aromatic nitrogens is 1. The third kappa shape index (κ3) is 4.28. The maximum Gasteiger partial charge on any atom is 0.0981 e. The zero-order valence-electron chi connectivity index (χ0n) is 13.0. The monoisotopic (exact) mass is 280 g/mol. The lowest BCUT2D eigenvalue weighted by Crippen LogP contribution is -2.35. The van der Waals surface area contributed by atoms with E-state index < -0.39 is 0 Å². The number of nitrogens with zero attached hydrogens (tertiary/aromatic N) is 1. The minimum absolute atomic E-state index is 0.177. The first kappa shape index (κ1) is 15.0. The molecule has 19 heavy (non-hydrogen) atoms. The van der Waals surface area contributed by atoms with Crippen molar-refractivity contribution in [3.05, 3.63) is 16.1 Å². The molecule has 0 aromatic carbocycles. The molecule has 1 heterocycles. The van der Waals surface area contributed by atoms with Gasteiger partial charge in [0.1, 0.15) is 0 Å². The van der Waals surface area contributed by atoms with Crippen LogP contribution in [0, 0.1) is 11.8 Å². The van der Waals surface area contributed by atoms with Gasteiger partial charge in [-0.1, -0.05) is 34.6 Å². The molecule has 1 fully saturated rings. The van der Waals surface area contributed by atoms with Crippen LogP contribution in [0.25, 0.3) is 0 Å². The Hall–Kier alpha value is -0.410. The molecular weight excluding hydrogens is 252 g/mol. The highest BCUT2D eigenvalue weighted by Gasteiger charge is 2.24. The van der Waals surface area contributed by atoms with Crippen molar-refractivity contribution in [2.75, 3.05) is 0 Å². The van der Waals surface area contributed by atoms with E-state index in [9.17, 15) is 0 Å². The Morgan fingerprint density at radius 3 is 2.37 bits per heavy atom. The van der Waals surface area contributed by atoms with Gasteiger partial charge in [-0.2, -0.15) is 0 Å². The van der Waals surface area contributed by atoms with Gasteiger partial charge >= 0.3 is 0 Å². The summed E-state index contributed by atoms with van der Waals surface area (Å²) in [5.74, 6) is 1.74. The topological polar surface area (TPSA) is 24.9 Å². The standard InChI is InChI=1S/C16H28N2S/c1-11-6-12(2)8-13(7-11)17-9-14-10-18-15(19-14)16(3,4)5/h10-13,17H,6-9H2,1-5H3. The second-order valence-corrected chi connectivity index (χ2v) is 8.49. The molecular formula is C16H28N2S. The van der Waals surface area contributed by atoms with E-state index in [0.717, 1.165) is 18.4 Å². The summed E-state index contributed by atoms with van der Waals surface area (Å²) in [6.45, 7) is 12.4. The van der Waals surface area contributed by atoms with E-state index in [4.69, 9.17) is 0 Å². The molecule has 1 saturated carbocycles. The Labute approximate surface area is 122 Å². The van der Waals surface area contributed by atoms with E-state index in [0.29, 0.717) is 6.04 Å². The number of hydrogen-bond acceptors (Lipinski definition) is 3. The highest BCUT2D eigenvalue weighted by atomic mass is 32.1. The summed E-state index contributed by atoms with van der Waals surface area (Å²) in [7, 11) is 0. The van der Waals surface area contributed by atoms with Gasteiger partial charge in [0.25, 0.3) is 0 Å². The van der Waals surface area contributed by atoms with Crippen LogP contribution in [0.5, 0.6) is 0 Å². The van der Waals surface area contributed by atoms with Gasteiger partial charge in [0.2, 0.25) is 0 Å². The quantitative estimate of drug-likeness (QED) is 0.890. The molecule has 1 aromatic heterocycles. The molecule has 0 spiro atoms. The van der Waals surface area contributed by atoms with Gasteiger partial charge in [0, 0.05) is 29.1 Å². The van der Waals surface area contributed by atoms with Crippen LogP contribution in [0.3, 0.4) is 0 Å². The van der Waals surface area contributed by atoms with Crippen molar-refractivity contribution >= 4 is 11.3 Å². The van der Waals surface area contributed by atoms with Crippen LogP contribution in [0.2, 0.25) is 0 Å². The molecule has 2 atom stereocenters. The largest absolute Gasteiger partial charge is 0.309 e. The van der Waals surface area contributed by atoms with Gasteiger partial charge < -0.3 is 5.32 Å². The number of nitrogens with one attached hydrogen (secondary N) is 1. The van der Waals surface area contributed by atoms with Crippen molar-refractivity contribution < 1.29 is 0 Å². The van der Waals surface area contributed by atoms with Crippen LogP contribution in [-0.4, -0.2) is 11.0 Å². The zero-order chi connectivity index (χ0) is 14.0. The van der Waals surface area contributed by atoms with Gasteiger partial charge in [-0.3, -0.25) is 0 Å². The molecule has 0 saturated heterocycles. The summed E-state index contributed by atoms with van der Waals surface area (Å²) in [6.07, 6.45) is 6.10. The minimum Gasteiger partial charge on any atom is -0.309 e. The van der Waals surface area contributed by atoms with Gasteiger partial charge in [-0.15, -0.1) is 11.3 Å². The summed E-state index contributed by atoms with van der Waals surface area (Å²) in [5.41, 5.74) is 0.177. The van der Waals surface area contributed by atoms with Gasteiger partial charge in [0.15, 0.2) is 0 Å². The number of hydrogen-bond donors (Lipinski definition) is 1. The van der Waals surface area contributed by atoms with Crippen LogP contribution in [-0.2, 0) is 12.0 Å². The Morgan fingerprint density at radius 2 is 1.84 bits per heavy atom. The number of thiazole rings is 1. The van der Waals surface area contributed by atoms with Crippen molar-refractivity contribution in [1.29, 1.82) is 0 Å².